The lowest BCUT2D eigenvalue weighted by Crippen LogP contribution is -2.04. The quantitative estimate of drug-likeness (QED) is 0.789. The number of hydrogen-bond donors (Lipinski definition) is 1. The molecule has 2 aromatic heterocycles. The summed E-state index contributed by atoms with van der Waals surface area (Å²) in [5, 5.41) is 4.53. The molecule has 3 rings (SSSR count). The molecular weight excluding hydrogens is 265 g/mol. The SMILES string of the molecule is Cc1c(C)n(C)c2c(CNc3ccc(F)cc3)nccc12. The molecule has 2 heterocycles. The third-order valence-electron chi connectivity index (χ3n) is 4.09. The number of nitrogens with one attached hydrogen (secondary N) is 1. The molecule has 3 nitrogen and oxygen atoms in total. The maximum atomic E-state index is 12.9. The van der Waals surface area contributed by atoms with Gasteiger partial charge in [-0.1, -0.05) is 0 Å². The van der Waals surface area contributed by atoms with Gasteiger partial charge in [0.25, 0.3) is 0 Å². The molecule has 0 aliphatic heterocycles. The van der Waals surface area contributed by atoms with Gasteiger partial charge in [-0.3, -0.25) is 4.98 Å². The van der Waals surface area contributed by atoms with Gasteiger partial charge in [0.1, 0.15) is 5.82 Å². The Labute approximate surface area is 123 Å². The Morgan fingerprint density at radius 2 is 1.86 bits per heavy atom. The first-order valence-electron chi connectivity index (χ1n) is 6.97. The van der Waals surface area contributed by atoms with Crippen molar-refractivity contribution in [3.8, 4) is 0 Å². The Balaban J connectivity index is 1.94. The normalized spacial score (nSPS) is 11.0. The monoisotopic (exact) mass is 283 g/mol. The lowest BCUT2D eigenvalue weighted by Gasteiger charge is -2.09. The highest BCUT2D eigenvalue weighted by atomic mass is 19.1. The lowest BCUT2D eigenvalue weighted by molar-refractivity contribution is 0.628. The van der Waals surface area contributed by atoms with Crippen molar-refractivity contribution in [3.63, 3.8) is 0 Å². The first kappa shape index (κ1) is 13.6. The van der Waals surface area contributed by atoms with E-state index in [0.29, 0.717) is 6.54 Å². The minimum atomic E-state index is -0.227. The molecule has 0 bridgehead atoms. The summed E-state index contributed by atoms with van der Waals surface area (Å²) in [5.74, 6) is -0.227. The van der Waals surface area contributed by atoms with Crippen LogP contribution >= 0.6 is 0 Å². The number of nitrogens with zero attached hydrogens (tertiary/aromatic N) is 2. The highest BCUT2D eigenvalue weighted by Crippen LogP contribution is 2.26. The predicted molar refractivity (Wildman–Crippen MR) is 83.9 cm³/mol. The highest BCUT2D eigenvalue weighted by molar-refractivity contribution is 5.86. The van der Waals surface area contributed by atoms with E-state index < -0.39 is 0 Å². The van der Waals surface area contributed by atoms with E-state index in [0.717, 1.165) is 16.9 Å². The number of benzene rings is 1. The summed E-state index contributed by atoms with van der Waals surface area (Å²) in [4.78, 5) is 4.50. The molecule has 0 saturated heterocycles. The van der Waals surface area contributed by atoms with E-state index in [1.807, 2.05) is 6.20 Å². The molecule has 0 atom stereocenters. The average Bonchev–Trinajstić information content (AvgIpc) is 2.72. The number of anilines is 1. The van der Waals surface area contributed by atoms with E-state index in [1.165, 1.54) is 28.8 Å². The van der Waals surface area contributed by atoms with Gasteiger partial charge in [0.15, 0.2) is 0 Å². The van der Waals surface area contributed by atoms with E-state index in [1.54, 1.807) is 12.1 Å². The summed E-state index contributed by atoms with van der Waals surface area (Å²) < 4.78 is 15.1. The number of fused-ring (bicyclic) bond motifs is 1. The summed E-state index contributed by atoms with van der Waals surface area (Å²) in [6.45, 7) is 4.86. The number of rotatable bonds is 3. The van der Waals surface area contributed by atoms with Crippen LogP contribution in [0.2, 0.25) is 0 Å². The number of pyridine rings is 1. The van der Waals surface area contributed by atoms with E-state index in [4.69, 9.17) is 0 Å². The van der Waals surface area contributed by atoms with Crippen molar-refractivity contribution in [2.75, 3.05) is 5.32 Å². The van der Waals surface area contributed by atoms with Gasteiger partial charge in [-0.25, -0.2) is 4.39 Å². The molecule has 4 heteroatoms. The smallest absolute Gasteiger partial charge is 0.123 e. The maximum absolute atomic E-state index is 12.9. The van der Waals surface area contributed by atoms with Gasteiger partial charge in [0, 0.05) is 30.0 Å². The minimum absolute atomic E-state index is 0.227. The van der Waals surface area contributed by atoms with Crippen LogP contribution in [0, 0.1) is 19.7 Å². The summed E-state index contributed by atoms with van der Waals surface area (Å²) in [6.07, 6.45) is 1.84. The maximum Gasteiger partial charge on any atom is 0.123 e. The molecule has 0 aliphatic carbocycles. The first-order chi connectivity index (χ1) is 10.1. The lowest BCUT2D eigenvalue weighted by atomic mass is 10.1. The van der Waals surface area contributed by atoms with E-state index in [9.17, 15) is 4.39 Å². The molecule has 0 spiro atoms. The number of aromatic nitrogens is 2. The Morgan fingerprint density at radius 1 is 1.14 bits per heavy atom. The second kappa shape index (κ2) is 5.20. The van der Waals surface area contributed by atoms with Crippen molar-refractivity contribution in [2.24, 2.45) is 7.05 Å². The van der Waals surface area contributed by atoms with Gasteiger partial charge in [0.2, 0.25) is 0 Å². The Bertz CT molecular complexity index is 788. The molecule has 3 aromatic rings. The summed E-state index contributed by atoms with van der Waals surface area (Å²) in [5.41, 5.74) is 5.58. The third-order valence-corrected chi connectivity index (χ3v) is 4.09. The molecule has 0 amide bonds. The molecule has 1 N–H and O–H groups in total. The van der Waals surface area contributed by atoms with Crippen LogP contribution in [0.5, 0.6) is 0 Å². The zero-order valence-corrected chi connectivity index (χ0v) is 12.4. The average molecular weight is 283 g/mol. The highest BCUT2D eigenvalue weighted by Gasteiger charge is 2.12. The second-order valence-electron chi connectivity index (χ2n) is 5.28. The van der Waals surface area contributed by atoms with Crippen molar-refractivity contribution in [2.45, 2.75) is 20.4 Å². The van der Waals surface area contributed by atoms with Gasteiger partial charge in [0.05, 0.1) is 17.8 Å². The van der Waals surface area contributed by atoms with Crippen LogP contribution in [-0.4, -0.2) is 9.55 Å². The van der Waals surface area contributed by atoms with Crippen molar-refractivity contribution in [1.82, 2.24) is 9.55 Å². The minimum Gasteiger partial charge on any atom is -0.379 e. The molecule has 0 saturated carbocycles. The van der Waals surface area contributed by atoms with Crippen LogP contribution in [0.25, 0.3) is 10.9 Å². The topological polar surface area (TPSA) is 29.9 Å². The zero-order chi connectivity index (χ0) is 15.0. The van der Waals surface area contributed by atoms with Gasteiger partial charge in [-0.05, 0) is 49.7 Å². The Hall–Kier alpha value is -2.36. The molecule has 0 aliphatic rings. The fourth-order valence-electron chi connectivity index (χ4n) is 2.67. The summed E-state index contributed by atoms with van der Waals surface area (Å²) >= 11 is 0. The van der Waals surface area contributed by atoms with Gasteiger partial charge in [-0.15, -0.1) is 0 Å². The van der Waals surface area contributed by atoms with Crippen LogP contribution < -0.4 is 5.32 Å². The molecular formula is C17H18FN3. The van der Waals surface area contributed by atoms with Crippen LogP contribution in [0.15, 0.2) is 36.5 Å². The standard InChI is InChI=1S/C17H18FN3/c1-11-12(2)21(3)17-15(11)8-9-19-16(17)10-20-14-6-4-13(18)5-7-14/h4-9,20H,10H2,1-3H3. The van der Waals surface area contributed by atoms with Crippen LogP contribution in [-0.2, 0) is 13.6 Å². The van der Waals surface area contributed by atoms with Crippen molar-refractivity contribution < 1.29 is 4.39 Å². The van der Waals surface area contributed by atoms with Crippen LogP contribution in [0.1, 0.15) is 17.0 Å². The number of hydrogen-bond acceptors (Lipinski definition) is 2. The molecule has 0 fully saturated rings. The van der Waals surface area contributed by atoms with E-state index in [-0.39, 0.29) is 5.82 Å². The molecule has 0 radical (unpaired) electrons. The molecule has 0 unspecified atom stereocenters. The van der Waals surface area contributed by atoms with E-state index in [2.05, 4.69) is 41.8 Å². The molecule has 1 aromatic carbocycles. The Kier molecular flexibility index (Phi) is 3.37. The van der Waals surface area contributed by atoms with Crippen LogP contribution in [0.3, 0.4) is 0 Å². The number of aryl methyl sites for hydroxylation is 2. The van der Waals surface area contributed by atoms with Crippen molar-refractivity contribution in [3.05, 3.63) is 59.3 Å². The number of halogens is 1. The van der Waals surface area contributed by atoms with Gasteiger partial charge < -0.3 is 9.88 Å². The zero-order valence-electron chi connectivity index (χ0n) is 12.4. The fourth-order valence-corrected chi connectivity index (χ4v) is 2.67. The van der Waals surface area contributed by atoms with Crippen LogP contribution in [0.4, 0.5) is 10.1 Å². The summed E-state index contributed by atoms with van der Waals surface area (Å²) in [7, 11) is 2.06. The molecule has 21 heavy (non-hydrogen) atoms. The predicted octanol–water partition coefficient (Wildman–Crippen LogP) is 3.94. The fraction of sp³-hybridized carbons (Fsp3) is 0.235. The first-order valence-corrected chi connectivity index (χ1v) is 6.97. The van der Waals surface area contributed by atoms with Crippen molar-refractivity contribution >= 4 is 16.6 Å². The van der Waals surface area contributed by atoms with Crippen molar-refractivity contribution in [1.29, 1.82) is 0 Å². The van der Waals surface area contributed by atoms with Gasteiger partial charge >= 0.3 is 0 Å². The Morgan fingerprint density at radius 3 is 2.57 bits per heavy atom. The second-order valence-corrected chi connectivity index (χ2v) is 5.28. The van der Waals surface area contributed by atoms with E-state index >= 15 is 0 Å². The summed E-state index contributed by atoms with van der Waals surface area (Å²) in [6, 6.07) is 8.42. The third kappa shape index (κ3) is 2.37. The largest absolute Gasteiger partial charge is 0.379 e. The molecule has 108 valence electrons. The van der Waals surface area contributed by atoms with Gasteiger partial charge in [-0.2, -0.15) is 0 Å².